The van der Waals surface area contributed by atoms with E-state index in [4.69, 9.17) is 5.73 Å². The fourth-order valence-corrected chi connectivity index (χ4v) is 3.10. The molecule has 3 aromatic rings. The van der Waals surface area contributed by atoms with Gasteiger partial charge < -0.3 is 5.73 Å². The molecule has 0 unspecified atom stereocenters. The van der Waals surface area contributed by atoms with Crippen molar-refractivity contribution in [1.29, 1.82) is 0 Å². The Morgan fingerprint density at radius 2 is 1.60 bits per heavy atom. The van der Waals surface area contributed by atoms with E-state index in [0.29, 0.717) is 12.8 Å². The van der Waals surface area contributed by atoms with Crippen LogP contribution in [0.25, 0.3) is 22.3 Å². The van der Waals surface area contributed by atoms with Crippen LogP contribution in [-0.2, 0) is 11.2 Å². The van der Waals surface area contributed by atoms with E-state index in [1.807, 2.05) is 0 Å². The first-order valence-electron chi connectivity index (χ1n) is 8.28. The zero-order valence-corrected chi connectivity index (χ0v) is 14.5. The Morgan fingerprint density at radius 3 is 2.24 bits per heavy atom. The van der Waals surface area contributed by atoms with Crippen molar-refractivity contribution in [2.24, 2.45) is 5.73 Å². The highest BCUT2D eigenvalue weighted by atomic mass is 16.1. The van der Waals surface area contributed by atoms with Crippen LogP contribution in [0, 0.1) is 13.8 Å². The molecule has 0 radical (unpaired) electrons. The molecule has 0 aliphatic rings. The highest BCUT2D eigenvalue weighted by Crippen LogP contribution is 2.30. The highest BCUT2D eigenvalue weighted by Gasteiger charge is 2.10. The maximum Gasteiger partial charge on any atom is 0.217 e. The Labute approximate surface area is 147 Å². The van der Waals surface area contributed by atoms with E-state index in [1.165, 1.54) is 17.5 Å². The van der Waals surface area contributed by atoms with Crippen LogP contribution in [0.1, 0.15) is 23.1 Å². The third-order valence-corrected chi connectivity index (χ3v) is 4.17. The van der Waals surface area contributed by atoms with E-state index in [-0.39, 0.29) is 5.91 Å². The van der Waals surface area contributed by atoms with Gasteiger partial charge in [-0.3, -0.25) is 4.79 Å². The van der Waals surface area contributed by atoms with Crippen molar-refractivity contribution in [3.05, 3.63) is 71.8 Å². The minimum Gasteiger partial charge on any atom is -0.370 e. The van der Waals surface area contributed by atoms with Crippen LogP contribution in [0.5, 0.6) is 0 Å². The van der Waals surface area contributed by atoms with Gasteiger partial charge in [0, 0.05) is 24.4 Å². The predicted molar refractivity (Wildman–Crippen MR) is 99.9 cm³/mol. The molecule has 0 saturated carbocycles. The smallest absolute Gasteiger partial charge is 0.217 e. The zero-order valence-electron chi connectivity index (χ0n) is 14.5. The summed E-state index contributed by atoms with van der Waals surface area (Å²) in [4.78, 5) is 19.5. The average Bonchev–Trinajstić information content (AvgIpc) is 2.59. The van der Waals surface area contributed by atoms with Crippen LogP contribution < -0.4 is 5.73 Å². The molecular weight excluding hydrogens is 310 g/mol. The Morgan fingerprint density at radius 1 is 0.920 bits per heavy atom. The molecule has 2 aromatic carbocycles. The van der Waals surface area contributed by atoms with Gasteiger partial charge in [0.2, 0.25) is 5.91 Å². The second-order valence-corrected chi connectivity index (χ2v) is 6.34. The molecule has 0 aliphatic carbocycles. The molecular formula is C21H21N3O. The van der Waals surface area contributed by atoms with Crippen molar-refractivity contribution in [2.75, 3.05) is 0 Å². The fourth-order valence-electron chi connectivity index (χ4n) is 3.10. The number of carbonyl (C=O) groups is 1. The Balaban J connectivity index is 2.09. The van der Waals surface area contributed by atoms with E-state index < -0.39 is 0 Å². The molecule has 4 nitrogen and oxygen atoms in total. The summed E-state index contributed by atoms with van der Waals surface area (Å²) in [7, 11) is 0. The molecule has 1 aromatic heterocycles. The number of nitrogens with zero attached hydrogens (tertiary/aromatic N) is 2. The normalized spacial score (nSPS) is 10.6. The predicted octanol–water partition coefficient (Wildman–Crippen LogP) is 3.85. The number of rotatable bonds is 5. The molecule has 1 amide bonds. The standard InChI is InChI=1S/C21H21N3O/c1-14-7-15(2)9-18(8-14)20-5-3-16(19-11-23-13-24-12-19)10-17(20)4-6-21(22)25/h3,5,7-13H,4,6H2,1-2H3,(H2,22,25). The molecule has 0 aliphatic heterocycles. The Bertz CT molecular complexity index is 884. The lowest BCUT2D eigenvalue weighted by Gasteiger charge is -2.13. The average molecular weight is 331 g/mol. The van der Waals surface area contributed by atoms with Gasteiger partial charge in [-0.05, 0) is 42.5 Å². The van der Waals surface area contributed by atoms with Gasteiger partial charge in [-0.2, -0.15) is 0 Å². The number of amides is 1. The highest BCUT2D eigenvalue weighted by molar-refractivity contribution is 5.77. The first-order valence-corrected chi connectivity index (χ1v) is 8.28. The summed E-state index contributed by atoms with van der Waals surface area (Å²) < 4.78 is 0. The molecule has 4 heteroatoms. The van der Waals surface area contributed by atoms with Gasteiger partial charge in [-0.25, -0.2) is 9.97 Å². The van der Waals surface area contributed by atoms with Gasteiger partial charge in [0.15, 0.2) is 0 Å². The van der Waals surface area contributed by atoms with Crippen LogP contribution >= 0.6 is 0 Å². The number of hydrogen-bond acceptors (Lipinski definition) is 3. The number of primary amides is 1. The second-order valence-electron chi connectivity index (χ2n) is 6.34. The molecule has 0 saturated heterocycles. The fraction of sp³-hybridized carbons (Fsp3) is 0.190. The number of aromatic nitrogens is 2. The maximum absolute atomic E-state index is 11.3. The summed E-state index contributed by atoms with van der Waals surface area (Å²) in [6, 6.07) is 12.8. The van der Waals surface area contributed by atoms with Crippen molar-refractivity contribution in [3.8, 4) is 22.3 Å². The SMILES string of the molecule is Cc1cc(C)cc(-c2ccc(-c3cncnc3)cc2CCC(N)=O)c1. The number of nitrogens with two attached hydrogens (primary N) is 1. The number of benzene rings is 2. The lowest BCUT2D eigenvalue weighted by atomic mass is 9.91. The topological polar surface area (TPSA) is 68.9 Å². The van der Waals surface area contributed by atoms with Crippen LogP contribution in [-0.4, -0.2) is 15.9 Å². The van der Waals surface area contributed by atoms with Gasteiger partial charge in [-0.1, -0.05) is 47.5 Å². The summed E-state index contributed by atoms with van der Waals surface area (Å²) in [5, 5.41) is 0. The van der Waals surface area contributed by atoms with E-state index in [1.54, 1.807) is 12.4 Å². The number of carbonyl (C=O) groups excluding carboxylic acids is 1. The quantitative estimate of drug-likeness (QED) is 0.772. The summed E-state index contributed by atoms with van der Waals surface area (Å²) >= 11 is 0. The van der Waals surface area contributed by atoms with Crippen molar-refractivity contribution in [2.45, 2.75) is 26.7 Å². The monoisotopic (exact) mass is 331 g/mol. The minimum atomic E-state index is -0.292. The second kappa shape index (κ2) is 7.26. The lowest BCUT2D eigenvalue weighted by Crippen LogP contribution is -2.11. The Kier molecular flexibility index (Phi) is 4.89. The van der Waals surface area contributed by atoms with E-state index in [2.05, 4.69) is 60.2 Å². The molecule has 2 N–H and O–H groups in total. The summed E-state index contributed by atoms with van der Waals surface area (Å²) in [6.07, 6.45) is 6.03. The van der Waals surface area contributed by atoms with Crippen molar-refractivity contribution < 1.29 is 4.79 Å². The molecule has 0 spiro atoms. The summed E-state index contributed by atoms with van der Waals surface area (Å²) in [6.45, 7) is 4.19. The first kappa shape index (κ1) is 16.8. The Hall–Kier alpha value is -3.01. The largest absolute Gasteiger partial charge is 0.370 e. The molecule has 126 valence electrons. The van der Waals surface area contributed by atoms with Crippen LogP contribution in [0.15, 0.2) is 55.1 Å². The van der Waals surface area contributed by atoms with Crippen LogP contribution in [0.2, 0.25) is 0 Å². The van der Waals surface area contributed by atoms with Gasteiger partial charge in [0.1, 0.15) is 6.33 Å². The van der Waals surface area contributed by atoms with Crippen LogP contribution in [0.3, 0.4) is 0 Å². The zero-order chi connectivity index (χ0) is 17.8. The van der Waals surface area contributed by atoms with Crippen molar-refractivity contribution in [1.82, 2.24) is 9.97 Å². The summed E-state index contributed by atoms with van der Waals surface area (Å²) in [5.41, 5.74) is 13.2. The third-order valence-electron chi connectivity index (χ3n) is 4.17. The molecule has 25 heavy (non-hydrogen) atoms. The van der Waals surface area contributed by atoms with E-state index in [0.717, 1.165) is 27.8 Å². The van der Waals surface area contributed by atoms with E-state index >= 15 is 0 Å². The van der Waals surface area contributed by atoms with Crippen molar-refractivity contribution >= 4 is 5.91 Å². The molecule has 1 heterocycles. The molecule has 0 bridgehead atoms. The van der Waals surface area contributed by atoms with Crippen molar-refractivity contribution in [3.63, 3.8) is 0 Å². The maximum atomic E-state index is 11.3. The molecule has 0 fully saturated rings. The molecule has 3 rings (SSSR count). The molecule has 0 atom stereocenters. The summed E-state index contributed by atoms with van der Waals surface area (Å²) in [5.74, 6) is -0.292. The van der Waals surface area contributed by atoms with Crippen LogP contribution in [0.4, 0.5) is 0 Å². The van der Waals surface area contributed by atoms with E-state index in [9.17, 15) is 4.79 Å². The van der Waals surface area contributed by atoms with Gasteiger partial charge in [-0.15, -0.1) is 0 Å². The van der Waals surface area contributed by atoms with Gasteiger partial charge >= 0.3 is 0 Å². The first-order chi connectivity index (χ1) is 12.0. The number of aryl methyl sites for hydroxylation is 3. The van der Waals surface area contributed by atoms with Gasteiger partial charge in [0.25, 0.3) is 0 Å². The van der Waals surface area contributed by atoms with Gasteiger partial charge in [0.05, 0.1) is 0 Å². The third kappa shape index (κ3) is 4.10. The number of hydrogen-bond donors (Lipinski definition) is 1. The minimum absolute atomic E-state index is 0.292. The lowest BCUT2D eigenvalue weighted by molar-refractivity contribution is -0.117.